The molecule has 2 fully saturated rings. The largest absolute Gasteiger partial charge is 0.343 e. The van der Waals surface area contributed by atoms with E-state index in [1.54, 1.807) is 12.1 Å². The van der Waals surface area contributed by atoms with E-state index >= 15 is 0 Å². The summed E-state index contributed by atoms with van der Waals surface area (Å²) >= 11 is 0. The first-order valence-electron chi connectivity index (χ1n) is 9.66. The molecule has 0 saturated carbocycles. The van der Waals surface area contributed by atoms with Gasteiger partial charge in [0.2, 0.25) is 11.8 Å². The third-order valence-electron chi connectivity index (χ3n) is 5.38. The van der Waals surface area contributed by atoms with E-state index in [0.717, 1.165) is 51.9 Å². The molecule has 2 aliphatic rings. The summed E-state index contributed by atoms with van der Waals surface area (Å²) < 4.78 is 13.6. The zero-order valence-electron chi connectivity index (χ0n) is 15.3. The topological polar surface area (TPSA) is 52.7 Å². The fraction of sp³-hybridized carbons (Fsp3) is 0.600. The van der Waals surface area contributed by atoms with E-state index in [0.29, 0.717) is 24.9 Å². The summed E-state index contributed by atoms with van der Waals surface area (Å²) in [6, 6.07) is 7.04. The molecule has 2 heterocycles. The highest BCUT2D eigenvalue weighted by atomic mass is 19.1. The van der Waals surface area contributed by atoms with Gasteiger partial charge in [-0.25, -0.2) is 4.39 Å². The number of nitrogens with one attached hydrogen (secondary N) is 1. The molecule has 0 spiro atoms. The van der Waals surface area contributed by atoms with Gasteiger partial charge in [-0.3, -0.25) is 9.59 Å². The Bertz CT molecular complexity index is 637. The lowest BCUT2D eigenvalue weighted by atomic mass is 10.1. The number of rotatable bonds is 9. The van der Waals surface area contributed by atoms with Gasteiger partial charge in [0.1, 0.15) is 5.82 Å². The average Bonchev–Trinajstić information content (AvgIpc) is 3.20. The minimum Gasteiger partial charge on any atom is -0.343 e. The predicted molar refractivity (Wildman–Crippen MR) is 97.9 cm³/mol. The van der Waals surface area contributed by atoms with Gasteiger partial charge < -0.3 is 15.1 Å². The quantitative estimate of drug-likeness (QED) is 0.687. The number of carbonyl (C=O) groups is 2. The number of likely N-dealkylation sites (tertiary alicyclic amines) is 2. The maximum absolute atomic E-state index is 13.6. The van der Waals surface area contributed by atoms with Crippen molar-refractivity contribution in [2.75, 3.05) is 26.2 Å². The number of hydrogen-bond donors (Lipinski definition) is 1. The van der Waals surface area contributed by atoms with Crippen molar-refractivity contribution < 1.29 is 14.0 Å². The number of benzene rings is 1. The molecule has 0 aliphatic carbocycles. The standard InChI is InChI=1S/C20H28FN3O2/c21-18-6-2-1-5-16(18)15-22-11-10-17-8-9-20(26)24(17)14-4-13-23-12-3-7-19(23)25/h1-2,5-6,17,22H,3-4,7-15H2. The Labute approximate surface area is 154 Å². The lowest BCUT2D eigenvalue weighted by Gasteiger charge is -2.26. The van der Waals surface area contributed by atoms with Crippen LogP contribution in [-0.2, 0) is 16.1 Å². The Kier molecular flexibility index (Phi) is 6.61. The molecule has 6 heteroatoms. The van der Waals surface area contributed by atoms with E-state index in [2.05, 4.69) is 5.32 Å². The van der Waals surface area contributed by atoms with E-state index < -0.39 is 0 Å². The van der Waals surface area contributed by atoms with Crippen molar-refractivity contribution in [1.82, 2.24) is 15.1 Å². The molecular formula is C20H28FN3O2. The van der Waals surface area contributed by atoms with Gasteiger partial charge in [-0.2, -0.15) is 0 Å². The van der Waals surface area contributed by atoms with Crippen LogP contribution in [0.25, 0.3) is 0 Å². The first kappa shape index (κ1) is 18.8. The molecule has 142 valence electrons. The fourth-order valence-electron chi connectivity index (χ4n) is 3.91. The Hall–Kier alpha value is -1.95. The normalized spacial score (nSPS) is 20.4. The predicted octanol–water partition coefficient (Wildman–Crippen LogP) is 2.31. The summed E-state index contributed by atoms with van der Waals surface area (Å²) in [5, 5.41) is 3.28. The number of carbonyl (C=O) groups excluding carboxylic acids is 2. The molecule has 1 aromatic rings. The number of hydrogen-bond acceptors (Lipinski definition) is 3. The summed E-state index contributed by atoms with van der Waals surface area (Å²) in [6.45, 7) is 3.59. The average molecular weight is 361 g/mol. The monoisotopic (exact) mass is 361 g/mol. The van der Waals surface area contributed by atoms with Crippen molar-refractivity contribution in [3.05, 3.63) is 35.6 Å². The van der Waals surface area contributed by atoms with Crippen LogP contribution < -0.4 is 5.32 Å². The van der Waals surface area contributed by atoms with Gasteiger partial charge in [-0.15, -0.1) is 0 Å². The first-order valence-corrected chi connectivity index (χ1v) is 9.66. The highest BCUT2D eigenvalue weighted by Crippen LogP contribution is 2.22. The Morgan fingerprint density at radius 2 is 1.96 bits per heavy atom. The molecule has 1 atom stereocenters. The number of amides is 2. The zero-order chi connectivity index (χ0) is 18.4. The lowest BCUT2D eigenvalue weighted by molar-refractivity contribution is -0.129. The second-order valence-electron chi connectivity index (χ2n) is 7.17. The molecular weight excluding hydrogens is 333 g/mol. The summed E-state index contributed by atoms with van der Waals surface area (Å²) in [5.41, 5.74) is 0.669. The maximum Gasteiger partial charge on any atom is 0.222 e. The van der Waals surface area contributed by atoms with Crippen molar-refractivity contribution in [2.45, 2.75) is 51.1 Å². The van der Waals surface area contributed by atoms with Crippen LogP contribution in [0.5, 0.6) is 0 Å². The highest BCUT2D eigenvalue weighted by Gasteiger charge is 2.30. The second kappa shape index (κ2) is 9.12. The molecule has 3 rings (SSSR count). The Morgan fingerprint density at radius 3 is 2.73 bits per heavy atom. The molecule has 1 unspecified atom stereocenters. The SMILES string of the molecule is O=C1CCCN1CCCN1C(=O)CCC1CCNCc1ccccc1F. The van der Waals surface area contributed by atoms with Crippen LogP contribution in [0.2, 0.25) is 0 Å². The Morgan fingerprint density at radius 1 is 1.12 bits per heavy atom. The molecule has 1 aromatic carbocycles. The van der Waals surface area contributed by atoms with Gasteiger partial charge in [-0.05, 0) is 38.3 Å². The van der Waals surface area contributed by atoms with Gasteiger partial charge in [0, 0.05) is 50.6 Å². The van der Waals surface area contributed by atoms with Crippen LogP contribution in [0.3, 0.4) is 0 Å². The van der Waals surface area contributed by atoms with E-state index in [1.165, 1.54) is 6.07 Å². The summed E-state index contributed by atoms with van der Waals surface area (Å²) in [7, 11) is 0. The van der Waals surface area contributed by atoms with E-state index in [-0.39, 0.29) is 23.7 Å². The molecule has 5 nitrogen and oxygen atoms in total. The van der Waals surface area contributed by atoms with Gasteiger partial charge in [0.25, 0.3) is 0 Å². The molecule has 0 radical (unpaired) electrons. The van der Waals surface area contributed by atoms with Crippen LogP contribution in [0.1, 0.15) is 44.1 Å². The number of nitrogens with zero attached hydrogens (tertiary/aromatic N) is 2. The summed E-state index contributed by atoms with van der Waals surface area (Å²) in [4.78, 5) is 27.7. The zero-order valence-corrected chi connectivity index (χ0v) is 15.3. The third-order valence-corrected chi connectivity index (χ3v) is 5.38. The molecule has 26 heavy (non-hydrogen) atoms. The maximum atomic E-state index is 13.6. The van der Waals surface area contributed by atoms with Crippen molar-refractivity contribution in [1.29, 1.82) is 0 Å². The summed E-state index contributed by atoms with van der Waals surface area (Å²) in [5.74, 6) is 0.276. The Balaban J connectivity index is 1.38. The van der Waals surface area contributed by atoms with Crippen LogP contribution in [0.4, 0.5) is 4.39 Å². The molecule has 2 saturated heterocycles. The van der Waals surface area contributed by atoms with Crippen molar-refractivity contribution in [3.8, 4) is 0 Å². The van der Waals surface area contributed by atoms with Crippen molar-refractivity contribution in [3.63, 3.8) is 0 Å². The van der Waals surface area contributed by atoms with Gasteiger partial charge in [-0.1, -0.05) is 18.2 Å². The van der Waals surface area contributed by atoms with Crippen LogP contribution in [0, 0.1) is 5.82 Å². The molecule has 0 bridgehead atoms. The van der Waals surface area contributed by atoms with Crippen LogP contribution in [-0.4, -0.2) is 53.8 Å². The molecule has 0 aromatic heterocycles. The van der Waals surface area contributed by atoms with E-state index in [4.69, 9.17) is 0 Å². The first-order chi connectivity index (χ1) is 12.6. The third kappa shape index (κ3) is 4.81. The lowest BCUT2D eigenvalue weighted by Crippen LogP contribution is -2.37. The van der Waals surface area contributed by atoms with Crippen molar-refractivity contribution in [2.24, 2.45) is 0 Å². The van der Waals surface area contributed by atoms with Crippen molar-refractivity contribution >= 4 is 11.8 Å². The molecule has 2 aliphatic heterocycles. The minimum atomic E-state index is -0.186. The summed E-state index contributed by atoms with van der Waals surface area (Å²) in [6.07, 6.45) is 4.85. The second-order valence-corrected chi connectivity index (χ2v) is 7.17. The van der Waals surface area contributed by atoms with Gasteiger partial charge in [0.05, 0.1) is 0 Å². The van der Waals surface area contributed by atoms with E-state index in [1.807, 2.05) is 15.9 Å². The van der Waals surface area contributed by atoms with Gasteiger partial charge in [0.15, 0.2) is 0 Å². The van der Waals surface area contributed by atoms with E-state index in [9.17, 15) is 14.0 Å². The molecule has 2 amide bonds. The van der Waals surface area contributed by atoms with Crippen LogP contribution in [0.15, 0.2) is 24.3 Å². The highest BCUT2D eigenvalue weighted by molar-refractivity contribution is 5.79. The smallest absolute Gasteiger partial charge is 0.222 e. The van der Waals surface area contributed by atoms with Gasteiger partial charge >= 0.3 is 0 Å². The number of halogens is 1. The molecule has 1 N–H and O–H groups in total. The van der Waals surface area contributed by atoms with Crippen LogP contribution >= 0.6 is 0 Å². The fourth-order valence-corrected chi connectivity index (χ4v) is 3.91. The minimum absolute atomic E-state index is 0.186.